The molecule has 0 atom stereocenters. The molecule has 3 aromatic rings. The van der Waals surface area contributed by atoms with Gasteiger partial charge in [-0.05, 0) is 17.7 Å². The maximum absolute atomic E-state index is 12.5. The quantitative estimate of drug-likeness (QED) is 0.556. The Bertz CT molecular complexity index is 1080. The van der Waals surface area contributed by atoms with Gasteiger partial charge in [-0.15, -0.1) is 16.7 Å². The molecule has 26 heavy (non-hydrogen) atoms. The monoisotopic (exact) mass is 398 g/mol. The Balaban J connectivity index is 1.87. The lowest BCUT2D eigenvalue weighted by molar-refractivity contribution is 0.414. The fourth-order valence-electron chi connectivity index (χ4n) is 2.22. The van der Waals surface area contributed by atoms with Crippen LogP contribution < -0.4 is 15.1 Å². The van der Waals surface area contributed by atoms with Gasteiger partial charge in [0.1, 0.15) is 12.1 Å². The van der Waals surface area contributed by atoms with Crippen molar-refractivity contribution < 1.29 is 13.2 Å². The standard InChI is InChI=1S/C14H15ClN6O4S/c1-25-11-4-2-10(3-5-11)8-17-26(23,24)13-12-18-19-21(7-6-15)14(22)20(12)9-16-13/h2-5,9,17H,6-8H2,1H3. The number of alkyl halides is 1. The van der Waals surface area contributed by atoms with E-state index in [-0.39, 0.29) is 29.6 Å². The second-order valence-electron chi connectivity index (χ2n) is 5.20. The summed E-state index contributed by atoms with van der Waals surface area (Å²) in [5, 5.41) is 7.10. The molecule has 0 amide bonds. The predicted molar refractivity (Wildman–Crippen MR) is 92.8 cm³/mol. The number of fused-ring (bicyclic) bond motifs is 1. The molecule has 12 heteroatoms. The van der Waals surface area contributed by atoms with Crippen molar-refractivity contribution in [1.82, 2.24) is 29.1 Å². The number of aromatic nitrogens is 5. The van der Waals surface area contributed by atoms with Crippen LogP contribution in [0.4, 0.5) is 0 Å². The predicted octanol–water partition coefficient (Wildman–Crippen LogP) is 0.0119. The van der Waals surface area contributed by atoms with Crippen molar-refractivity contribution in [2.45, 2.75) is 18.1 Å². The summed E-state index contributed by atoms with van der Waals surface area (Å²) < 4.78 is 34.6. The van der Waals surface area contributed by atoms with E-state index in [0.717, 1.165) is 21.0 Å². The summed E-state index contributed by atoms with van der Waals surface area (Å²) in [6, 6.07) is 6.91. The Morgan fingerprint density at radius 3 is 2.65 bits per heavy atom. The molecule has 0 spiro atoms. The lowest BCUT2D eigenvalue weighted by Gasteiger charge is -2.06. The molecular weight excluding hydrogens is 384 g/mol. The first kappa shape index (κ1) is 18.3. The Hall–Kier alpha value is -2.50. The summed E-state index contributed by atoms with van der Waals surface area (Å²) in [6.45, 7) is 0.196. The van der Waals surface area contributed by atoms with Crippen LogP contribution in [0.3, 0.4) is 0 Å². The molecule has 0 fully saturated rings. The number of nitrogens with zero attached hydrogens (tertiary/aromatic N) is 5. The summed E-state index contributed by atoms with van der Waals surface area (Å²) in [4.78, 5) is 16.0. The molecule has 2 heterocycles. The van der Waals surface area contributed by atoms with Crippen LogP contribution in [0.1, 0.15) is 5.56 Å². The van der Waals surface area contributed by atoms with Gasteiger partial charge in [-0.2, -0.15) is 4.68 Å². The van der Waals surface area contributed by atoms with Crippen LogP contribution in [0, 0.1) is 0 Å². The minimum atomic E-state index is -3.99. The number of benzene rings is 1. The van der Waals surface area contributed by atoms with Crippen molar-refractivity contribution in [1.29, 1.82) is 0 Å². The molecule has 0 unspecified atom stereocenters. The normalized spacial score (nSPS) is 11.8. The largest absolute Gasteiger partial charge is 0.497 e. The zero-order valence-electron chi connectivity index (χ0n) is 13.7. The number of nitrogens with one attached hydrogen (secondary N) is 1. The molecule has 0 bridgehead atoms. The van der Waals surface area contributed by atoms with Gasteiger partial charge in [0, 0.05) is 12.4 Å². The van der Waals surface area contributed by atoms with Crippen LogP contribution in [0.2, 0.25) is 0 Å². The van der Waals surface area contributed by atoms with Gasteiger partial charge < -0.3 is 4.74 Å². The molecule has 0 aliphatic rings. The maximum atomic E-state index is 12.5. The number of ether oxygens (including phenoxy) is 1. The Morgan fingerprint density at radius 2 is 2.00 bits per heavy atom. The summed E-state index contributed by atoms with van der Waals surface area (Å²) >= 11 is 5.59. The first-order chi connectivity index (χ1) is 12.5. The van der Waals surface area contributed by atoms with Gasteiger partial charge in [0.2, 0.25) is 10.7 Å². The molecule has 0 aliphatic heterocycles. The third-order valence-corrected chi connectivity index (χ3v) is 5.05. The molecular formula is C14H15ClN6O4S. The third kappa shape index (κ3) is 3.54. The maximum Gasteiger partial charge on any atom is 0.353 e. The average Bonchev–Trinajstić information content (AvgIpc) is 3.09. The van der Waals surface area contributed by atoms with Gasteiger partial charge in [0.25, 0.3) is 10.0 Å². The third-order valence-electron chi connectivity index (χ3n) is 3.56. The van der Waals surface area contributed by atoms with Crippen LogP contribution in [-0.4, -0.2) is 45.8 Å². The summed E-state index contributed by atoms with van der Waals surface area (Å²) in [7, 11) is -2.44. The molecule has 0 radical (unpaired) electrons. The van der Waals surface area contributed by atoms with Crippen molar-refractivity contribution in [3.63, 3.8) is 0 Å². The van der Waals surface area contributed by atoms with E-state index in [1.807, 2.05) is 0 Å². The highest BCUT2D eigenvalue weighted by Gasteiger charge is 2.23. The van der Waals surface area contributed by atoms with Crippen LogP contribution in [0.25, 0.3) is 5.65 Å². The van der Waals surface area contributed by atoms with Gasteiger partial charge in [0.05, 0.1) is 13.7 Å². The van der Waals surface area contributed by atoms with Crippen LogP contribution in [0.5, 0.6) is 5.75 Å². The SMILES string of the molecule is COc1ccc(CNS(=O)(=O)c2ncn3c(=O)n(CCCl)nnc23)cc1. The molecule has 0 aliphatic carbocycles. The fourth-order valence-corrected chi connectivity index (χ4v) is 3.43. The highest BCUT2D eigenvalue weighted by Crippen LogP contribution is 2.14. The lowest BCUT2D eigenvalue weighted by atomic mass is 10.2. The van der Waals surface area contributed by atoms with Crippen LogP contribution in [-0.2, 0) is 23.1 Å². The minimum Gasteiger partial charge on any atom is -0.497 e. The number of aryl methyl sites for hydroxylation is 1. The molecule has 0 saturated carbocycles. The highest BCUT2D eigenvalue weighted by atomic mass is 35.5. The summed E-state index contributed by atoms with van der Waals surface area (Å²) in [6.07, 6.45) is 1.10. The van der Waals surface area contributed by atoms with E-state index in [4.69, 9.17) is 16.3 Å². The van der Waals surface area contributed by atoms with Crippen LogP contribution >= 0.6 is 11.6 Å². The highest BCUT2D eigenvalue weighted by molar-refractivity contribution is 7.89. The van der Waals surface area contributed by atoms with E-state index in [9.17, 15) is 13.2 Å². The second kappa shape index (κ2) is 7.40. The van der Waals surface area contributed by atoms with Crippen molar-refractivity contribution in [2.24, 2.45) is 0 Å². The summed E-state index contributed by atoms with van der Waals surface area (Å²) in [5.74, 6) is 0.837. The second-order valence-corrected chi connectivity index (χ2v) is 7.26. The van der Waals surface area contributed by atoms with E-state index in [1.54, 1.807) is 31.4 Å². The van der Waals surface area contributed by atoms with Gasteiger partial charge in [-0.25, -0.2) is 27.3 Å². The van der Waals surface area contributed by atoms with Crippen LogP contribution in [0.15, 0.2) is 40.4 Å². The van der Waals surface area contributed by atoms with Gasteiger partial charge in [0.15, 0.2) is 0 Å². The lowest BCUT2D eigenvalue weighted by Crippen LogP contribution is -2.31. The number of methoxy groups -OCH3 is 1. The Morgan fingerprint density at radius 1 is 1.27 bits per heavy atom. The number of hydrogen-bond acceptors (Lipinski definition) is 7. The number of sulfonamides is 1. The number of imidazole rings is 1. The molecule has 10 nitrogen and oxygen atoms in total. The van der Waals surface area contributed by atoms with Crippen molar-refractivity contribution in [3.05, 3.63) is 46.6 Å². The van der Waals surface area contributed by atoms with Gasteiger partial charge in [-0.3, -0.25) is 0 Å². The van der Waals surface area contributed by atoms with E-state index in [1.165, 1.54) is 0 Å². The van der Waals surface area contributed by atoms with Crippen molar-refractivity contribution in [3.8, 4) is 5.75 Å². The topological polar surface area (TPSA) is 120 Å². The average molecular weight is 399 g/mol. The van der Waals surface area contributed by atoms with E-state index in [2.05, 4.69) is 20.0 Å². The Kier molecular flexibility index (Phi) is 5.20. The van der Waals surface area contributed by atoms with Gasteiger partial charge in [-0.1, -0.05) is 17.3 Å². The van der Waals surface area contributed by atoms with Crippen molar-refractivity contribution >= 4 is 27.3 Å². The van der Waals surface area contributed by atoms with E-state index >= 15 is 0 Å². The number of hydrogen-bond donors (Lipinski definition) is 1. The first-order valence-corrected chi connectivity index (χ1v) is 9.47. The molecule has 1 aromatic carbocycles. The van der Waals surface area contributed by atoms with Gasteiger partial charge >= 0.3 is 5.69 Å². The molecule has 138 valence electrons. The van der Waals surface area contributed by atoms with E-state index in [0.29, 0.717) is 5.75 Å². The molecule has 0 saturated heterocycles. The Labute approximate surface area is 153 Å². The molecule has 2 aromatic heterocycles. The number of halogens is 1. The minimum absolute atomic E-state index is 0.0437. The summed E-state index contributed by atoms with van der Waals surface area (Å²) in [5.41, 5.74) is 0.0104. The molecule has 3 rings (SSSR count). The smallest absolute Gasteiger partial charge is 0.353 e. The van der Waals surface area contributed by atoms with E-state index < -0.39 is 15.7 Å². The zero-order chi connectivity index (χ0) is 18.7. The molecule has 1 N–H and O–H groups in total. The fraction of sp³-hybridized carbons (Fsp3) is 0.286. The first-order valence-electron chi connectivity index (χ1n) is 7.45. The number of rotatable bonds is 7. The zero-order valence-corrected chi connectivity index (χ0v) is 15.2. The van der Waals surface area contributed by atoms with Crippen molar-refractivity contribution in [2.75, 3.05) is 13.0 Å².